The normalized spacial score (nSPS) is 12.2. The third-order valence-electron chi connectivity index (χ3n) is 6.66. The summed E-state index contributed by atoms with van der Waals surface area (Å²) in [5.74, 6) is -0.654. The molecule has 0 unspecified atom stereocenters. The zero-order valence-corrected chi connectivity index (χ0v) is 26.4. The first-order valence-electron chi connectivity index (χ1n) is 13.4. The summed E-state index contributed by atoms with van der Waals surface area (Å²) >= 11 is 12.4. The highest BCUT2D eigenvalue weighted by Gasteiger charge is 2.33. The minimum atomic E-state index is -3.86. The molecule has 2 amide bonds. The molecule has 0 aliphatic heterocycles. The number of hydrogen-bond acceptors (Lipinski definition) is 4. The van der Waals surface area contributed by atoms with Crippen molar-refractivity contribution in [1.82, 2.24) is 10.2 Å². The van der Waals surface area contributed by atoms with Crippen molar-refractivity contribution in [3.8, 4) is 0 Å². The van der Waals surface area contributed by atoms with Gasteiger partial charge in [0.25, 0.3) is 0 Å². The Morgan fingerprint density at radius 3 is 2.07 bits per heavy atom. The van der Waals surface area contributed by atoms with E-state index in [0.29, 0.717) is 27.8 Å². The lowest BCUT2D eigenvalue weighted by molar-refractivity contribution is -0.140. The van der Waals surface area contributed by atoms with Crippen LogP contribution in [-0.4, -0.2) is 50.5 Å². The van der Waals surface area contributed by atoms with Gasteiger partial charge in [0.2, 0.25) is 21.8 Å². The van der Waals surface area contributed by atoms with Crippen LogP contribution in [0.2, 0.25) is 10.0 Å². The van der Waals surface area contributed by atoms with Crippen molar-refractivity contribution in [3.05, 3.63) is 99.0 Å². The largest absolute Gasteiger partial charge is 0.354 e. The predicted octanol–water partition coefficient (Wildman–Crippen LogP) is 5.79. The lowest BCUT2D eigenvalue weighted by Crippen LogP contribution is -2.53. The van der Waals surface area contributed by atoms with Gasteiger partial charge in [0.15, 0.2) is 0 Å². The number of amides is 2. The second-order valence-corrected chi connectivity index (χ2v) is 13.3. The molecule has 1 atom stereocenters. The minimum Gasteiger partial charge on any atom is -0.354 e. The van der Waals surface area contributed by atoms with Crippen LogP contribution < -0.4 is 9.62 Å². The van der Waals surface area contributed by atoms with Crippen molar-refractivity contribution >= 4 is 50.7 Å². The van der Waals surface area contributed by atoms with E-state index in [9.17, 15) is 18.0 Å². The number of sulfonamides is 1. The summed E-state index contributed by atoms with van der Waals surface area (Å²) in [6.45, 7) is 7.55. The maximum absolute atomic E-state index is 14.2. The first-order chi connectivity index (χ1) is 19.3. The maximum Gasteiger partial charge on any atom is 0.244 e. The molecule has 3 aromatic rings. The molecule has 0 aliphatic rings. The molecule has 0 aliphatic carbocycles. The fourth-order valence-electron chi connectivity index (χ4n) is 4.59. The highest BCUT2D eigenvalue weighted by molar-refractivity contribution is 7.92. The highest BCUT2D eigenvalue weighted by Crippen LogP contribution is 2.28. The number of para-hydroxylation sites is 1. The Labute approximate surface area is 253 Å². The van der Waals surface area contributed by atoms with Gasteiger partial charge in [-0.1, -0.05) is 91.6 Å². The molecule has 0 fully saturated rings. The third kappa shape index (κ3) is 8.96. The minimum absolute atomic E-state index is 0.0205. The Kier molecular flexibility index (Phi) is 11.2. The second-order valence-electron chi connectivity index (χ2n) is 10.6. The van der Waals surface area contributed by atoms with E-state index in [1.165, 1.54) is 4.90 Å². The van der Waals surface area contributed by atoms with Gasteiger partial charge in [-0.05, 0) is 54.2 Å². The van der Waals surface area contributed by atoms with Crippen molar-refractivity contribution in [1.29, 1.82) is 0 Å². The number of rotatable bonds is 12. The zero-order chi connectivity index (χ0) is 30.3. The van der Waals surface area contributed by atoms with Crippen LogP contribution in [-0.2, 0) is 32.6 Å². The molecule has 10 heteroatoms. The highest BCUT2D eigenvalue weighted by atomic mass is 35.5. The van der Waals surface area contributed by atoms with Gasteiger partial charge in [-0.15, -0.1) is 0 Å². The quantitative estimate of drug-likeness (QED) is 0.279. The number of anilines is 1. The monoisotopic (exact) mass is 617 g/mol. The van der Waals surface area contributed by atoms with E-state index in [1.807, 2.05) is 50.2 Å². The number of nitrogens with zero attached hydrogens (tertiary/aromatic N) is 2. The number of carbonyl (C=O) groups is 2. The summed E-state index contributed by atoms with van der Waals surface area (Å²) in [7, 11) is -3.86. The average Bonchev–Trinajstić information content (AvgIpc) is 2.90. The van der Waals surface area contributed by atoms with Gasteiger partial charge in [-0.2, -0.15) is 0 Å². The molecule has 0 spiro atoms. The third-order valence-corrected chi connectivity index (χ3v) is 8.51. The average molecular weight is 619 g/mol. The summed E-state index contributed by atoms with van der Waals surface area (Å²) in [4.78, 5) is 29.3. The summed E-state index contributed by atoms with van der Waals surface area (Å²) in [6, 6.07) is 18.9. The van der Waals surface area contributed by atoms with Crippen molar-refractivity contribution in [2.24, 2.45) is 5.92 Å². The lowest BCUT2D eigenvalue weighted by atomic mass is 10.0. The molecule has 220 valence electrons. The number of carbonyl (C=O) groups excluding carboxylic acids is 2. The van der Waals surface area contributed by atoms with E-state index < -0.39 is 28.5 Å². The molecule has 0 bridgehead atoms. The van der Waals surface area contributed by atoms with Crippen molar-refractivity contribution in [2.75, 3.05) is 23.7 Å². The molecule has 41 heavy (non-hydrogen) atoms. The van der Waals surface area contributed by atoms with Gasteiger partial charge in [0, 0.05) is 19.5 Å². The van der Waals surface area contributed by atoms with E-state index in [4.69, 9.17) is 23.2 Å². The first kappa shape index (κ1) is 32.4. The van der Waals surface area contributed by atoms with E-state index in [-0.39, 0.29) is 24.8 Å². The number of nitrogens with one attached hydrogen (secondary N) is 1. The van der Waals surface area contributed by atoms with Gasteiger partial charge >= 0.3 is 0 Å². The smallest absolute Gasteiger partial charge is 0.244 e. The Balaban J connectivity index is 2.10. The zero-order valence-electron chi connectivity index (χ0n) is 24.0. The molecular formula is C31H37Cl2N3O4S. The van der Waals surface area contributed by atoms with Crippen LogP contribution in [0.5, 0.6) is 0 Å². The van der Waals surface area contributed by atoms with Crippen LogP contribution in [0, 0.1) is 19.8 Å². The molecule has 0 aromatic heterocycles. The van der Waals surface area contributed by atoms with E-state index in [2.05, 4.69) is 5.32 Å². The second kappa shape index (κ2) is 14.2. The van der Waals surface area contributed by atoms with Crippen LogP contribution in [0.25, 0.3) is 0 Å². The summed E-state index contributed by atoms with van der Waals surface area (Å²) in [6.07, 6.45) is 1.31. The van der Waals surface area contributed by atoms with E-state index in [1.54, 1.807) is 44.2 Å². The molecule has 3 aromatic carbocycles. The van der Waals surface area contributed by atoms with Gasteiger partial charge in [-0.25, -0.2) is 8.42 Å². The van der Waals surface area contributed by atoms with Crippen molar-refractivity contribution < 1.29 is 18.0 Å². The molecule has 1 N–H and O–H groups in total. The topological polar surface area (TPSA) is 86.8 Å². The Morgan fingerprint density at radius 1 is 0.878 bits per heavy atom. The van der Waals surface area contributed by atoms with Crippen LogP contribution in [0.4, 0.5) is 5.69 Å². The SMILES string of the molecule is Cc1cccc(C)c1N(CC(=O)N(Cc1ccc(Cl)c(Cl)c1)[C@H](Cc1ccccc1)C(=O)NCC(C)C)S(C)(=O)=O. The Morgan fingerprint density at radius 2 is 1.51 bits per heavy atom. The van der Waals surface area contributed by atoms with Gasteiger partial charge in [-0.3, -0.25) is 13.9 Å². The molecule has 0 saturated heterocycles. The summed E-state index contributed by atoms with van der Waals surface area (Å²) < 4.78 is 27.2. The fourth-order valence-corrected chi connectivity index (χ4v) is 5.87. The lowest BCUT2D eigenvalue weighted by Gasteiger charge is -2.34. The van der Waals surface area contributed by atoms with Crippen LogP contribution in [0.3, 0.4) is 0 Å². The molecule has 0 saturated carbocycles. The van der Waals surface area contributed by atoms with E-state index in [0.717, 1.165) is 27.3 Å². The van der Waals surface area contributed by atoms with Gasteiger partial charge < -0.3 is 10.2 Å². The molecular weight excluding hydrogens is 581 g/mol. The summed E-state index contributed by atoms with van der Waals surface area (Å²) in [5.41, 5.74) is 3.39. The standard InChI is InChI=1S/C31H37Cl2N3O4S/c1-21(2)18-34-31(38)28(17-24-12-7-6-8-13-24)35(19-25-14-15-26(32)27(33)16-25)29(37)20-36(41(5,39)40)30-22(3)10-9-11-23(30)4/h6-16,21,28H,17-20H2,1-5H3,(H,34,38)/t28-/m1/s1. The summed E-state index contributed by atoms with van der Waals surface area (Å²) in [5, 5.41) is 3.64. The Bertz CT molecular complexity index is 1460. The number of hydrogen-bond donors (Lipinski definition) is 1. The maximum atomic E-state index is 14.2. The first-order valence-corrected chi connectivity index (χ1v) is 16.0. The van der Waals surface area contributed by atoms with Gasteiger partial charge in [0.05, 0.1) is 22.0 Å². The van der Waals surface area contributed by atoms with Crippen molar-refractivity contribution in [2.45, 2.75) is 46.7 Å². The predicted molar refractivity (Wildman–Crippen MR) is 167 cm³/mol. The number of benzene rings is 3. The molecule has 0 radical (unpaired) electrons. The molecule has 7 nitrogen and oxygen atoms in total. The Hall–Kier alpha value is -3.07. The number of halogens is 2. The van der Waals surface area contributed by atoms with Crippen molar-refractivity contribution in [3.63, 3.8) is 0 Å². The van der Waals surface area contributed by atoms with Crippen LogP contribution in [0.1, 0.15) is 36.1 Å². The number of aryl methyl sites for hydroxylation is 2. The molecule has 0 heterocycles. The fraction of sp³-hybridized carbons (Fsp3) is 0.355. The van der Waals surface area contributed by atoms with Gasteiger partial charge in [0.1, 0.15) is 12.6 Å². The molecule has 3 rings (SSSR count). The van der Waals surface area contributed by atoms with E-state index >= 15 is 0 Å². The van der Waals surface area contributed by atoms with Crippen LogP contribution in [0.15, 0.2) is 66.7 Å². The van der Waals surface area contributed by atoms with Crippen LogP contribution >= 0.6 is 23.2 Å².